The molecular formula is C31H34FN3O3. The third kappa shape index (κ3) is 6.17. The van der Waals surface area contributed by atoms with Gasteiger partial charge in [-0.25, -0.2) is 9.37 Å². The van der Waals surface area contributed by atoms with Crippen LogP contribution in [0.4, 0.5) is 10.4 Å². The van der Waals surface area contributed by atoms with E-state index in [1.54, 1.807) is 18.3 Å². The number of anilines is 1. The fourth-order valence-electron chi connectivity index (χ4n) is 4.92. The van der Waals surface area contributed by atoms with Gasteiger partial charge in [0.15, 0.2) is 5.76 Å². The molecule has 3 aromatic carbocycles. The number of hydrogen-bond acceptors (Lipinski definition) is 6. The van der Waals surface area contributed by atoms with Crippen molar-refractivity contribution in [3.8, 4) is 33.9 Å². The van der Waals surface area contributed by atoms with Crippen molar-refractivity contribution in [2.75, 3.05) is 31.6 Å². The normalized spacial score (nSPS) is 14.4. The third-order valence-corrected chi connectivity index (χ3v) is 6.74. The molecule has 1 saturated heterocycles. The SMILES string of the molecule is CCOc1cc(CN2CCC(Nc3ncc(-c4ccccc4)o3)CC2)cc(OCC)c1-c1ccc(F)cc1. The van der Waals surface area contributed by atoms with Gasteiger partial charge in [-0.15, -0.1) is 0 Å². The smallest absolute Gasteiger partial charge is 0.295 e. The summed E-state index contributed by atoms with van der Waals surface area (Å²) in [6.07, 6.45) is 3.76. The van der Waals surface area contributed by atoms with Crippen molar-refractivity contribution in [3.63, 3.8) is 0 Å². The molecule has 1 N–H and O–H groups in total. The molecule has 0 bridgehead atoms. The van der Waals surface area contributed by atoms with Crippen molar-refractivity contribution in [2.45, 2.75) is 39.3 Å². The highest BCUT2D eigenvalue weighted by atomic mass is 19.1. The van der Waals surface area contributed by atoms with Crippen LogP contribution in [0.2, 0.25) is 0 Å². The van der Waals surface area contributed by atoms with Crippen LogP contribution < -0.4 is 14.8 Å². The molecule has 7 heteroatoms. The summed E-state index contributed by atoms with van der Waals surface area (Å²) in [5.74, 6) is 2.02. The van der Waals surface area contributed by atoms with Crippen molar-refractivity contribution < 1.29 is 18.3 Å². The highest BCUT2D eigenvalue weighted by Gasteiger charge is 2.22. The van der Waals surface area contributed by atoms with Crippen molar-refractivity contribution >= 4 is 6.01 Å². The van der Waals surface area contributed by atoms with Crippen molar-refractivity contribution in [2.24, 2.45) is 0 Å². The lowest BCUT2D eigenvalue weighted by atomic mass is 9.99. The molecule has 1 fully saturated rings. The third-order valence-electron chi connectivity index (χ3n) is 6.74. The Labute approximate surface area is 223 Å². The highest BCUT2D eigenvalue weighted by Crippen LogP contribution is 2.40. The fraction of sp³-hybridized carbons (Fsp3) is 0.323. The first-order valence-electron chi connectivity index (χ1n) is 13.3. The standard InChI is InChI=1S/C31H34FN3O3/c1-3-36-27-18-22(19-28(37-4-2)30(27)24-10-12-25(32)13-11-24)21-35-16-14-26(15-17-35)34-31-33-20-29(38-31)23-8-6-5-7-9-23/h5-13,18-20,26H,3-4,14-17,21H2,1-2H3,(H,33,34). The molecule has 0 radical (unpaired) electrons. The van der Waals surface area contributed by atoms with Gasteiger partial charge in [0, 0.05) is 31.2 Å². The number of rotatable bonds is 10. The van der Waals surface area contributed by atoms with Crippen molar-refractivity contribution in [1.29, 1.82) is 0 Å². The van der Waals surface area contributed by atoms with Crippen molar-refractivity contribution in [1.82, 2.24) is 9.88 Å². The second-order valence-corrected chi connectivity index (χ2v) is 9.43. The van der Waals surface area contributed by atoms with E-state index in [1.165, 1.54) is 12.1 Å². The Balaban J connectivity index is 1.24. The molecule has 6 nitrogen and oxygen atoms in total. The molecule has 38 heavy (non-hydrogen) atoms. The van der Waals surface area contributed by atoms with Crippen molar-refractivity contribution in [3.05, 3.63) is 84.3 Å². The lowest BCUT2D eigenvalue weighted by Crippen LogP contribution is -2.38. The van der Waals surface area contributed by atoms with Gasteiger partial charge >= 0.3 is 0 Å². The molecule has 1 aromatic heterocycles. The van der Waals surface area contributed by atoms with Gasteiger partial charge in [0.25, 0.3) is 6.01 Å². The van der Waals surface area contributed by atoms with Gasteiger partial charge < -0.3 is 19.2 Å². The summed E-state index contributed by atoms with van der Waals surface area (Å²) < 4.78 is 31.6. The lowest BCUT2D eigenvalue weighted by molar-refractivity contribution is 0.209. The summed E-state index contributed by atoms with van der Waals surface area (Å²) in [6.45, 7) is 7.72. The van der Waals surface area contributed by atoms with Gasteiger partial charge in [0.1, 0.15) is 17.3 Å². The van der Waals surface area contributed by atoms with Gasteiger partial charge in [-0.05, 0) is 62.1 Å². The van der Waals surface area contributed by atoms with E-state index in [0.29, 0.717) is 25.3 Å². The van der Waals surface area contributed by atoms with E-state index in [-0.39, 0.29) is 5.82 Å². The largest absolute Gasteiger partial charge is 0.493 e. The summed E-state index contributed by atoms with van der Waals surface area (Å²) in [5, 5.41) is 3.47. The van der Waals surface area contributed by atoms with Crippen LogP contribution >= 0.6 is 0 Å². The minimum Gasteiger partial charge on any atom is -0.493 e. The quantitative estimate of drug-likeness (QED) is 0.245. The number of ether oxygens (including phenoxy) is 2. The van der Waals surface area contributed by atoms with Crippen LogP contribution in [0, 0.1) is 5.82 Å². The number of halogens is 1. The number of oxazole rings is 1. The molecule has 198 valence electrons. The molecule has 5 rings (SSSR count). The summed E-state index contributed by atoms with van der Waals surface area (Å²) in [5.41, 5.74) is 3.89. The summed E-state index contributed by atoms with van der Waals surface area (Å²) in [4.78, 5) is 6.87. The Morgan fingerprint density at radius 3 is 2.21 bits per heavy atom. The molecule has 0 atom stereocenters. The van der Waals surface area contributed by atoms with E-state index in [2.05, 4.69) is 27.3 Å². The maximum Gasteiger partial charge on any atom is 0.295 e. The van der Waals surface area contributed by atoms with E-state index < -0.39 is 0 Å². The first kappa shape index (κ1) is 25.8. The second kappa shape index (κ2) is 12.1. The number of piperidine rings is 1. The number of nitrogens with one attached hydrogen (secondary N) is 1. The van der Waals surface area contributed by atoms with Gasteiger partial charge in [0.05, 0.1) is 25.0 Å². The second-order valence-electron chi connectivity index (χ2n) is 9.43. The molecule has 0 unspecified atom stereocenters. The van der Waals surface area contributed by atoms with Crippen LogP contribution in [0.25, 0.3) is 22.5 Å². The predicted molar refractivity (Wildman–Crippen MR) is 148 cm³/mol. The topological polar surface area (TPSA) is 59.8 Å². The van der Waals surface area contributed by atoms with E-state index in [1.807, 2.05) is 44.2 Å². The Hall–Kier alpha value is -3.84. The van der Waals surface area contributed by atoms with Gasteiger partial charge in [0.2, 0.25) is 0 Å². The molecule has 1 aliphatic rings. The average molecular weight is 516 g/mol. The fourth-order valence-corrected chi connectivity index (χ4v) is 4.92. The maximum absolute atomic E-state index is 13.6. The Morgan fingerprint density at radius 1 is 0.921 bits per heavy atom. The number of hydrogen-bond donors (Lipinski definition) is 1. The van der Waals surface area contributed by atoms with Crippen LogP contribution in [-0.4, -0.2) is 42.2 Å². The number of benzene rings is 3. The first-order valence-corrected chi connectivity index (χ1v) is 13.3. The molecule has 4 aromatic rings. The highest BCUT2D eigenvalue weighted by molar-refractivity contribution is 5.77. The zero-order valence-corrected chi connectivity index (χ0v) is 22.0. The molecule has 2 heterocycles. The van der Waals surface area contributed by atoms with Crippen LogP contribution in [0.1, 0.15) is 32.3 Å². The average Bonchev–Trinajstić information content (AvgIpc) is 3.40. The van der Waals surface area contributed by atoms with Crippen LogP contribution in [0.15, 0.2) is 77.3 Å². The van der Waals surface area contributed by atoms with Gasteiger partial charge in [-0.3, -0.25) is 4.90 Å². The maximum atomic E-state index is 13.6. The summed E-state index contributed by atoms with van der Waals surface area (Å²) >= 11 is 0. The van der Waals surface area contributed by atoms with E-state index in [4.69, 9.17) is 13.9 Å². The molecule has 0 aliphatic carbocycles. The van der Waals surface area contributed by atoms with E-state index in [9.17, 15) is 4.39 Å². The van der Waals surface area contributed by atoms with Gasteiger partial charge in [-0.2, -0.15) is 0 Å². The van der Waals surface area contributed by atoms with E-state index in [0.717, 1.165) is 72.0 Å². The van der Waals surface area contributed by atoms with Crippen LogP contribution in [-0.2, 0) is 6.54 Å². The minimum absolute atomic E-state index is 0.265. The Kier molecular flexibility index (Phi) is 8.24. The monoisotopic (exact) mass is 515 g/mol. The van der Waals surface area contributed by atoms with Crippen LogP contribution in [0.5, 0.6) is 11.5 Å². The Bertz CT molecular complexity index is 1290. The summed E-state index contributed by atoms with van der Waals surface area (Å²) in [6, 6.07) is 21.5. The Morgan fingerprint density at radius 2 is 1.58 bits per heavy atom. The molecular weight excluding hydrogens is 481 g/mol. The molecule has 0 saturated carbocycles. The predicted octanol–water partition coefficient (Wildman–Crippen LogP) is 7.02. The molecule has 1 aliphatic heterocycles. The number of aromatic nitrogens is 1. The van der Waals surface area contributed by atoms with E-state index >= 15 is 0 Å². The lowest BCUT2D eigenvalue weighted by Gasteiger charge is -2.32. The van der Waals surface area contributed by atoms with Gasteiger partial charge in [-0.1, -0.05) is 42.5 Å². The number of likely N-dealkylation sites (tertiary alicyclic amines) is 1. The van der Waals surface area contributed by atoms with Crippen LogP contribution in [0.3, 0.4) is 0 Å². The minimum atomic E-state index is -0.265. The molecule has 0 spiro atoms. The zero-order valence-electron chi connectivity index (χ0n) is 22.0. The number of nitrogens with zero attached hydrogens (tertiary/aromatic N) is 2. The first-order chi connectivity index (χ1) is 18.6. The zero-order chi connectivity index (χ0) is 26.3. The molecule has 0 amide bonds. The summed E-state index contributed by atoms with van der Waals surface area (Å²) in [7, 11) is 0.